The van der Waals surface area contributed by atoms with Crippen LogP contribution in [-0.2, 0) is 6.54 Å². The zero-order valence-corrected chi connectivity index (χ0v) is 9.89. The van der Waals surface area contributed by atoms with Crippen molar-refractivity contribution < 1.29 is 0 Å². The van der Waals surface area contributed by atoms with Gasteiger partial charge in [0.25, 0.3) is 0 Å². The number of anilines is 2. The molecular weight excluding hydrogens is 307 g/mol. The summed E-state index contributed by atoms with van der Waals surface area (Å²) in [7, 11) is 0. The fourth-order valence-electron chi connectivity index (χ4n) is 1.08. The van der Waals surface area contributed by atoms with E-state index in [1.54, 1.807) is 12.4 Å². The van der Waals surface area contributed by atoms with Crippen molar-refractivity contribution in [3.8, 4) is 0 Å². The summed E-state index contributed by atoms with van der Waals surface area (Å²) in [6.45, 7) is 0.593. The molecule has 15 heavy (non-hydrogen) atoms. The van der Waals surface area contributed by atoms with E-state index in [9.17, 15) is 0 Å². The van der Waals surface area contributed by atoms with E-state index >= 15 is 0 Å². The smallest absolute Gasteiger partial charge is 0.143 e. The van der Waals surface area contributed by atoms with Crippen LogP contribution in [0.4, 0.5) is 11.6 Å². The van der Waals surface area contributed by atoms with Crippen LogP contribution in [0.15, 0.2) is 18.7 Å². The van der Waals surface area contributed by atoms with E-state index in [0.717, 1.165) is 15.0 Å². The molecule has 6 nitrogen and oxygen atoms in total. The van der Waals surface area contributed by atoms with E-state index in [1.807, 2.05) is 0 Å². The Morgan fingerprint density at radius 1 is 1.47 bits per heavy atom. The Hall–Kier alpha value is -1.38. The molecule has 0 saturated heterocycles. The fourth-order valence-corrected chi connectivity index (χ4v) is 1.57. The Bertz CT molecular complexity index is 454. The van der Waals surface area contributed by atoms with E-state index in [0.29, 0.717) is 12.4 Å². The van der Waals surface area contributed by atoms with Gasteiger partial charge in [0.05, 0.1) is 9.77 Å². The van der Waals surface area contributed by atoms with Gasteiger partial charge >= 0.3 is 0 Å². The van der Waals surface area contributed by atoms with Crippen LogP contribution in [0.1, 0.15) is 5.56 Å². The lowest BCUT2D eigenvalue weighted by atomic mass is 10.3. The first kappa shape index (κ1) is 10.1. The third-order valence-corrected chi connectivity index (χ3v) is 2.65. The van der Waals surface area contributed by atoms with E-state index in [2.05, 4.69) is 48.1 Å². The van der Waals surface area contributed by atoms with Gasteiger partial charge in [0, 0.05) is 18.3 Å². The van der Waals surface area contributed by atoms with Gasteiger partial charge in [-0.15, -0.1) is 0 Å². The number of halogens is 1. The van der Waals surface area contributed by atoms with Crippen LogP contribution in [0.3, 0.4) is 0 Å². The minimum absolute atomic E-state index is 0.576. The maximum atomic E-state index is 5.65. The van der Waals surface area contributed by atoms with Gasteiger partial charge in [0.15, 0.2) is 0 Å². The first-order chi connectivity index (χ1) is 7.27. The minimum Gasteiger partial charge on any atom is -0.384 e. The summed E-state index contributed by atoms with van der Waals surface area (Å²) in [4.78, 5) is 8.01. The summed E-state index contributed by atoms with van der Waals surface area (Å²) >= 11 is 2.17. The zero-order chi connectivity index (χ0) is 10.7. The summed E-state index contributed by atoms with van der Waals surface area (Å²) < 4.78 is 0.970. The second-order valence-corrected chi connectivity index (χ2v) is 4.04. The van der Waals surface area contributed by atoms with Gasteiger partial charge in [-0.25, -0.2) is 9.97 Å². The van der Waals surface area contributed by atoms with Crippen molar-refractivity contribution in [1.29, 1.82) is 0 Å². The Morgan fingerprint density at radius 2 is 2.33 bits per heavy atom. The molecule has 0 spiro atoms. The maximum absolute atomic E-state index is 5.65. The lowest BCUT2D eigenvalue weighted by Crippen LogP contribution is -2.04. The molecule has 0 aromatic carbocycles. The molecule has 2 aromatic heterocycles. The van der Waals surface area contributed by atoms with Gasteiger partial charge < -0.3 is 11.1 Å². The predicted molar refractivity (Wildman–Crippen MR) is 65.1 cm³/mol. The number of hydrogen-bond acceptors (Lipinski definition) is 5. The summed E-state index contributed by atoms with van der Waals surface area (Å²) in [5.41, 5.74) is 6.57. The quantitative estimate of drug-likeness (QED) is 0.735. The van der Waals surface area contributed by atoms with Crippen LogP contribution < -0.4 is 11.1 Å². The van der Waals surface area contributed by atoms with E-state index in [4.69, 9.17) is 5.73 Å². The molecule has 0 atom stereocenters. The van der Waals surface area contributed by atoms with Crippen molar-refractivity contribution >= 4 is 34.2 Å². The van der Waals surface area contributed by atoms with Crippen molar-refractivity contribution in [2.24, 2.45) is 0 Å². The van der Waals surface area contributed by atoms with E-state index < -0.39 is 0 Å². The van der Waals surface area contributed by atoms with Crippen molar-refractivity contribution in [3.05, 3.63) is 27.9 Å². The number of aromatic amines is 1. The molecule has 0 aliphatic rings. The highest BCUT2D eigenvalue weighted by atomic mass is 127. The van der Waals surface area contributed by atoms with Crippen molar-refractivity contribution in [3.63, 3.8) is 0 Å². The Kier molecular flexibility index (Phi) is 2.99. The summed E-state index contributed by atoms with van der Waals surface area (Å²) in [5, 5.41) is 9.66. The number of rotatable bonds is 3. The summed E-state index contributed by atoms with van der Waals surface area (Å²) in [6, 6.07) is 0. The van der Waals surface area contributed by atoms with Crippen LogP contribution in [-0.4, -0.2) is 20.2 Å². The number of nitrogens with zero attached hydrogens (tertiary/aromatic N) is 3. The van der Waals surface area contributed by atoms with Crippen LogP contribution in [0.25, 0.3) is 0 Å². The first-order valence-electron chi connectivity index (χ1n) is 4.24. The molecule has 4 N–H and O–H groups in total. The standard InChI is InChI=1S/C8H9IN6/c9-6-3-11-4-13-8(6)12-1-5-2-14-15-7(5)10/h2-4H,1H2,(H3,10,14,15)(H,11,12,13). The highest BCUT2D eigenvalue weighted by Gasteiger charge is 2.03. The molecular formula is C8H9IN6. The SMILES string of the molecule is Nc1[nH]ncc1CNc1ncncc1I. The molecule has 0 radical (unpaired) electrons. The number of nitrogens with one attached hydrogen (secondary N) is 2. The molecule has 0 aliphatic heterocycles. The molecule has 2 heterocycles. The molecule has 2 aromatic rings. The highest BCUT2D eigenvalue weighted by molar-refractivity contribution is 14.1. The average molecular weight is 316 g/mol. The number of nitrogens with two attached hydrogens (primary N) is 1. The number of aromatic nitrogens is 4. The molecule has 0 aliphatic carbocycles. The van der Waals surface area contributed by atoms with Crippen LogP contribution in [0, 0.1) is 3.57 Å². The largest absolute Gasteiger partial charge is 0.384 e. The topological polar surface area (TPSA) is 92.5 Å². The number of H-pyrrole nitrogens is 1. The highest BCUT2D eigenvalue weighted by Crippen LogP contribution is 2.14. The van der Waals surface area contributed by atoms with Crippen molar-refractivity contribution in [1.82, 2.24) is 20.2 Å². The summed E-state index contributed by atoms with van der Waals surface area (Å²) in [6.07, 6.45) is 4.94. The molecule has 0 unspecified atom stereocenters. The minimum atomic E-state index is 0.576. The third-order valence-electron chi connectivity index (χ3n) is 1.87. The summed E-state index contributed by atoms with van der Waals surface area (Å²) in [5.74, 6) is 1.37. The van der Waals surface area contributed by atoms with Crippen LogP contribution >= 0.6 is 22.6 Å². The van der Waals surface area contributed by atoms with Gasteiger partial charge in [-0.05, 0) is 22.6 Å². The Morgan fingerprint density at radius 3 is 3.00 bits per heavy atom. The first-order valence-corrected chi connectivity index (χ1v) is 5.32. The second kappa shape index (κ2) is 4.43. The zero-order valence-electron chi connectivity index (χ0n) is 7.74. The van der Waals surface area contributed by atoms with Gasteiger partial charge in [0.1, 0.15) is 18.0 Å². The number of nitrogen functional groups attached to an aromatic ring is 1. The van der Waals surface area contributed by atoms with Gasteiger partial charge in [-0.3, -0.25) is 5.10 Å². The Labute approximate surface area is 99.8 Å². The van der Waals surface area contributed by atoms with E-state index in [1.165, 1.54) is 6.33 Å². The predicted octanol–water partition coefficient (Wildman–Crippen LogP) is 0.999. The molecule has 0 amide bonds. The number of hydrogen-bond donors (Lipinski definition) is 3. The average Bonchev–Trinajstić information content (AvgIpc) is 2.63. The van der Waals surface area contributed by atoms with Gasteiger partial charge in [0.2, 0.25) is 0 Å². The van der Waals surface area contributed by atoms with Crippen molar-refractivity contribution in [2.75, 3.05) is 11.1 Å². The fraction of sp³-hybridized carbons (Fsp3) is 0.125. The maximum Gasteiger partial charge on any atom is 0.143 e. The van der Waals surface area contributed by atoms with Crippen molar-refractivity contribution in [2.45, 2.75) is 6.54 Å². The third kappa shape index (κ3) is 2.35. The monoisotopic (exact) mass is 316 g/mol. The Balaban J connectivity index is 2.06. The molecule has 0 saturated carbocycles. The second-order valence-electron chi connectivity index (χ2n) is 2.88. The molecule has 2 rings (SSSR count). The van der Waals surface area contributed by atoms with Crippen LogP contribution in [0.2, 0.25) is 0 Å². The molecule has 0 bridgehead atoms. The van der Waals surface area contributed by atoms with E-state index in [-0.39, 0.29) is 0 Å². The normalized spacial score (nSPS) is 10.2. The van der Waals surface area contributed by atoms with Crippen LogP contribution in [0.5, 0.6) is 0 Å². The van der Waals surface area contributed by atoms with Gasteiger partial charge in [-0.2, -0.15) is 5.10 Å². The van der Waals surface area contributed by atoms with Gasteiger partial charge in [-0.1, -0.05) is 0 Å². The lowest BCUT2D eigenvalue weighted by molar-refractivity contribution is 1.07. The molecule has 0 fully saturated rings. The molecule has 78 valence electrons. The lowest BCUT2D eigenvalue weighted by Gasteiger charge is -2.05. The molecule has 7 heteroatoms.